The van der Waals surface area contributed by atoms with Crippen LogP contribution in [0.15, 0.2) is 64.8 Å². The van der Waals surface area contributed by atoms with Gasteiger partial charge in [0, 0.05) is 24.5 Å². The molecular formula is C23H28N4O2S. The maximum atomic E-state index is 11.9. The molecule has 158 valence electrons. The number of rotatable bonds is 7. The van der Waals surface area contributed by atoms with Gasteiger partial charge in [0.05, 0.1) is 18.7 Å². The van der Waals surface area contributed by atoms with Crippen molar-refractivity contribution in [3.05, 3.63) is 65.7 Å². The fourth-order valence-corrected chi connectivity index (χ4v) is 3.93. The molecule has 2 aromatic rings. The first-order chi connectivity index (χ1) is 14.7. The summed E-state index contributed by atoms with van der Waals surface area (Å²) in [6.07, 6.45) is 3.36. The Hall–Kier alpha value is -2.80. The van der Waals surface area contributed by atoms with E-state index in [9.17, 15) is 4.79 Å². The molecule has 0 unspecified atom stereocenters. The molecule has 0 bridgehead atoms. The first-order valence-electron chi connectivity index (χ1n) is 10.2. The quantitative estimate of drug-likeness (QED) is 0.314. The molecular weight excluding hydrogens is 396 g/mol. The van der Waals surface area contributed by atoms with Crippen LogP contribution in [0.1, 0.15) is 30.9 Å². The van der Waals surface area contributed by atoms with E-state index in [-0.39, 0.29) is 11.9 Å². The summed E-state index contributed by atoms with van der Waals surface area (Å²) in [5.74, 6) is 0.730. The molecule has 3 rings (SSSR count). The molecule has 0 spiro atoms. The zero-order valence-corrected chi connectivity index (χ0v) is 18.1. The lowest BCUT2D eigenvalue weighted by Gasteiger charge is -2.32. The van der Waals surface area contributed by atoms with Gasteiger partial charge >= 0.3 is 5.97 Å². The van der Waals surface area contributed by atoms with Crippen LogP contribution in [-0.2, 0) is 15.3 Å². The summed E-state index contributed by atoms with van der Waals surface area (Å²) in [6, 6.07) is 18.3. The average molecular weight is 425 g/mol. The summed E-state index contributed by atoms with van der Waals surface area (Å²) in [4.78, 5) is 14.2. The Morgan fingerprint density at radius 3 is 2.53 bits per heavy atom. The van der Waals surface area contributed by atoms with Crippen molar-refractivity contribution in [2.24, 2.45) is 21.9 Å². The first kappa shape index (κ1) is 21.9. The van der Waals surface area contributed by atoms with Crippen LogP contribution in [0.3, 0.4) is 0 Å². The third-order valence-corrected chi connectivity index (χ3v) is 5.82. The van der Waals surface area contributed by atoms with Crippen molar-refractivity contribution in [1.82, 2.24) is 0 Å². The second-order valence-electron chi connectivity index (χ2n) is 7.06. The maximum absolute atomic E-state index is 11.9. The number of amidine groups is 1. The smallest absolute Gasteiger partial charge is 0.309 e. The Morgan fingerprint density at radius 2 is 1.87 bits per heavy atom. The van der Waals surface area contributed by atoms with Gasteiger partial charge in [0.25, 0.3) is 0 Å². The highest BCUT2D eigenvalue weighted by Gasteiger charge is 2.25. The lowest BCUT2D eigenvalue weighted by molar-refractivity contribution is -0.148. The van der Waals surface area contributed by atoms with Crippen molar-refractivity contribution in [3.63, 3.8) is 0 Å². The van der Waals surface area contributed by atoms with Crippen molar-refractivity contribution in [2.75, 3.05) is 24.6 Å². The Balaban J connectivity index is 1.47. The molecule has 0 atom stereocenters. The number of nitrogens with two attached hydrogens (primary N) is 1. The molecule has 0 aliphatic carbocycles. The van der Waals surface area contributed by atoms with E-state index in [4.69, 9.17) is 10.5 Å². The van der Waals surface area contributed by atoms with E-state index in [2.05, 4.69) is 39.4 Å². The van der Waals surface area contributed by atoms with Gasteiger partial charge in [-0.05, 0) is 43.0 Å². The number of carbonyl (C=O) groups excluding carboxylic acids is 1. The van der Waals surface area contributed by atoms with Crippen molar-refractivity contribution < 1.29 is 9.53 Å². The number of piperidine rings is 1. The van der Waals surface area contributed by atoms with Crippen LogP contribution in [-0.4, -0.2) is 37.0 Å². The third kappa shape index (κ3) is 6.62. The molecule has 1 saturated heterocycles. The van der Waals surface area contributed by atoms with E-state index in [0.29, 0.717) is 11.8 Å². The number of anilines is 1. The van der Waals surface area contributed by atoms with Gasteiger partial charge in [-0.3, -0.25) is 4.79 Å². The molecule has 2 aromatic carbocycles. The summed E-state index contributed by atoms with van der Waals surface area (Å²) >= 11 is 1.47. The summed E-state index contributed by atoms with van der Waals surface area (Å²) in [5, 5.41) is 8.60. The van der Waals surface area contributed by atoms with Crippen molar-refractivity contribution >= 4 is 34.8 Å². The molecule has 1 aliphatic heterocycles. The van der Waals surface area contributed by atoms with Gasteiger partial charge in [-0.1, -0.05) is 54.2 Å². The van der Waals surface area contributed by atoms with Gasteiger partial charge in [-0.25, -0.2) is 0 Å². The molecule has 6 nitrogen and oxygen atoms in total. The van der Waals surface area contributed by atoms with Crippen LogP contribution in [0.25, 0.3) is 0 Å². The van der Waals surface area contributed by atoms with Gasteiger partial charge in [0.2, 0.25) is 0 Å². The van der Waals surface area contributed by atoms with Crippen molar-refractivity contribution in [1.29, 1.82) is 0 Å². The summed E-state index contributed by atoms with van der Waals surface area (Å²) in [5.41, 5.74) is 9.23. The standard InChI is InChI=1S/C23H28N4O2S/c1-2-29-22(28)20-12-14-27(15-13-20)21-10-8-18(9-11-21)16-25-26-23(24)30-17-19-6-4-3-5-7-19/h3-11,16,20H,2,12-15,17H2,1H3,(H2,24,26). The highest BCUT2D eigenvalue weighted by Crippen LogP contribution is 2.24. The largest absolute Gasteiger partial charge is 0.466 e. The number of esters is 1. The molecule has 30 heavy (non-hydrogen) atoms. The number of hydrogen-bond donors (Lipinski definition) is 1. The van der Waals surface area contributed by atoms with Crippen LogP contribution in [0.5, 0.6) is 0 Å². The molecule has 1 heterocycles. The molecule has 2 N–H and O–H groups in total. The molecule has 7 heteroatoms. The zero-order valence-electron chi connectivity index (χ0n) is 17.2. The van der Waals surface area contributed by atoms with E-state index >= 15 is 0 Å². The number of benzene rings is 2. The second kappa shape index (κ2) is 11.4. The van der Waals surface area contributed by atoms with E-state index in [1.165, 1.54) is 17.3 Å². The third-order valence-electron chi connectivity index (χ3n) is 4.97. The van der Waals surface area contributed by atoms with Gasteiger partial charge in [-0.2, -0.15) is 5.10 Å². The Morgan fingerprint density at radius 1 is 1.17 bits per heavy atom. The molecule has 0 aromatic heterocycles. The number of carbonyl (C=O) groups is 1. The van der Waals surface area contributed by atoms with Crippen LogP contribution in [0.4, 0.5) is 5.69 Å². The molecule has 0 saturated carbocycles. The average Bonchev–Trinajstić information content (AvgIpc) is 2.79. The molecule has 0 amide bonds. The fourth-order valence-electron chi connectivity index (χ4n) is 3.32. The summed E-state index contributed by atoms with van der Waals surface area (Å²) < 4.78 is 5.14. The van der Waals surface area contributed by atoms with Gasteiger partial charge in [-0.15, -0.1) is 5.10 Å². The number of ether oxygens (including phenoxy) is 1. The minimum atomic E-state index is -0.0644. The monoisotopic (exact) mass is 424 g/mol. The van der Waals surface area contributed by atoms with Crippen LogP contribution >= 0.6 is 11.8 Å². The topological polar surface area (TPSA) is 80.3 Å². The number of thioether (sulfide) groups is 1. The second-order valence-corrected chi connectivity index (χ2v) is 8.06. The number of hydrogen-bond acceptors (Lipinski definition) is 6. The molecule has 1 aliphatic rings. The van der Waals surface area contributed by atoms with Crippen LogP contribution in [0, 0.1) is 5.92 Å². The van der Waals surface area contributed by atoms with Gasteiger partial charge < -0.3 is 15.4 Å². The van der Waals surface area contributed by atoms with Crippen LogP contribution < -0.4 is 10.6 Å². The normalized spacial score (nSPS) is 15.5. The SMILES string of the molecule is CCOC(=O)C1CCN(c2ccc(C=NN=C(N)SCc3ccccc3)cc2)CC1. The van der Waals surface area contributed by atoms with Crippen molar-refractivity contribution in [3.8, 4) is 0 Å². The minimum absolute atomic E-state index is 0.0238. The summed E-state index contributed by atoms with van der Waals surface area (Å²) in [6.45, 7) is 4.01. The predicted octanol–water partition coefficient (Wildman–Crippen LogP) is 4.05. The van der Waals surface area contributed by atoms with Gasteiger partial charge in [0.1, 0.15) is 0 Å². The predicted molar refractivity (Wildman–Crippen MR) is 125 cm³/mol. The van der Waals surface area contributed by atoms with E-state index < -0.39 is 0 Å². The fraction of sp³-hybridized carbons (Fsp3) is 0.348. The van der Waals surface area contributed by atoms with E-state index in [1.807, 2.05) is 37.3 Å². The molecule has 1 fully saturated rings. The Labute approximate surface area is 182 Å². The minimum Gasteiger partial charge on any atom is -0.466 e. The zero-order chi connectivity index (χ0) is 21.2. The Bertz CT molecular complexity index is 861. The van der Waals surface area contributed by atoms with E-state index in [0.717, 1.165) is 42.9 Å². The highest BCUT2D eigenvalue weighted by molar-refractivity contribution is 8.13. The first-order valence-corrected chi connectivity index (χ1v) is 11.2. The van der Waals surface area contributed by atoms with E-state index in [1.54, 1.807) is 6.21 Å². The lowest BCUT2D eigenvalue weighted by Crippen LogP contribution is -2.36. The Kier molecular flexibility index (Phi) is 8.32. The van der Waals surface area contributed by atoms with Crippen molar-refractivity contribution in [2.45, 2.75) is 25.5 Å². The van der Waals surface area contributed by atoms with Gasteiger partial charge in [0.15, 0.2) is 5.17 Å². The lowest BCUT2D eigenvalue weighted by atomic mass is 9.96. The highest BCUT2D eigenvalue weighted by atomic mass is 32.2. The number of nitrogens with zero attached hydrogens (tertiary/aromatic N) is 3. The summed E-state index contributed by atoms with van der Waals surface area (Å²) in [7, 11) is 0. The molecule has 0 radical (unpaired) electrons. The maximum Gasteiger partial charge on any atom is 0.309 e. The van der Waals surface area contributed by atoms with Crippen LogP contribution in [0.2, 0.25) is 0 Å².